The molecular formula is C16H25N3O. The highest BCUT2D eigenvalue weighted by Crippen LogP contribution is 2.18. The van der Waals surface area contributed by atoms with Crippen LogP contribution in [0.4, 0.5) is 5.69 Å². The third-order valence-electron chi connectivity index (χ3n) is 3.81. The number of nitrogens with one attached hydrogen (secondary N) is 1. The molecule has 0 radical (unpaired) electrons. The van der Waals surface area contributed by atoms with Crippen molar-refractivity contribution < 1.29 is 4.79 Å². The van der Waals surface area contributed by atoms with E-state index >= 15 is 0 Å². The molecule has 0 heterocycles. The zero-order valence-electron chi connectivity index (χ0n) is 12.1. The van der Waals surface area contributed by atoms with Crippen LogP contribution < -0.4 is 16.0 Å². The van der Waals surface area contributed by atoms with E-state index < -0.39 is 0 Å². The molecule has 20 heavy (non-hydrogen) atoms. The maximum atomic E-state index is 12.2. The molecule has 110 valence electrons. The van der Waals surface area contributed by atoms with E-state index in [0.29, 0.717) is 19.1 Å². The van der Waals surface area contributed by atoms with Crippen LogP contribution in [0.2, 0.25) is 0 Å². The summed E-state index contributed by atoms with van der Waals surface area (Å²) in [6.45, 7) is 1.88. The Bertz CT molecular complexity index is 401. The lowest BCUT2D eigenvalue weighted by molar-refractivity contribution is -0.120. The van der Waals surface area contributed by atoms with Gasteiger partial charge in [-0.1, -0.05) is 31.0 Å². The lowest BCUT2D eigenvalue weighted by Gasteiger charge is -2.25. The van der Waals surface area contributed by atoms with Crippen molar-refractivity contribution in [3.05, 3.63) is 30.3 Å². The number of nitrogens with zero attached hydrogens (tertiary/aromatic N) is 1. The predicted octanol–water partition coefficient (Wildman–Crippen LogP) is 1.90. The smallest absolute Gasteiger partial charge is 0.239 e. The summed E-state index contributed by atoms with van der Waals surface area (Å²) in [5, 5.41) is 3.14. The van der Waals surface area contributed by atoms with Gasteiger partial charge in [0.25, 0.3) is 0 Å². The molecule has 0 atom stereocenters. The van der Waals surface area contributed by atoms with E-state index in [1.54, 1.807) is 0 Å². The van der Waals surface area contributed by atoms with Crippen LogP contribution in [0.3, 0.4) is 0 Å². The first kappa shape index (κ1) is 14.9. The standard InChI is InChI=1S/C16H25N3O/c17-11-6-12-19(15-9-2-1-3-10-15)13-16(20)18-14-7-4-5-8-14/h1-3,9-10,14H,4-8,11-13,17H2,(H,18,20). The average Bonchev–Trinajstić information content (AvgIpc) is 2.97. The van der Waals surface area contributed by atoms with Crippen LogP contribution in [0.15, 0.2) is 30.3 Å². The Balaban J connectivity index is 1.91. The van der Waals surface area contributed by atoms with Gasteiger partial charge in [0.15, 0.2) is 0 Å². The van der Waals surface area contributed by atoms with E-state index in [9.17, 15) is 4.79 Å². The van der Waals surface area contributed by atoms with Gasteiger partial charge in [0.1, 0.15) is 0 Å². The second-order valence-corrected chi connectivity index (χ2v) is 5.45. The lowest BCUT2D eigenvalue weighted by atomic mass is 10.2. The summed E-state index contributed by atoms with van der Waals surface area (Å²) in [7, 11) is 0. The minimum atomic E-state index is 0.123. The summed E-state index contributed by atoms with van der Waals surface area (Å²) in [5.74, 6) is 0.123. The Kier molecular flexibility index (Phi) is 5.87. The normalized spacial score (nSPS) is 15.2. The van der Waals surface area contributed by atoms with E-state index in [4.69, 9.17) is 5.73 Å². The molecule has 1 aromatic carbocycles. The van der Waals surface area contributed by atoms with Crippen molar-refractivity contribution >= 4 is 11.6 Å². The van der Waals surface area contributed by atoms with Gasteiger partial charge in [-0.05, 0) is 37.9 Å². The molecule has 1 amide bonds. The van der Waals surface area contributed by atoms with E-state index in [-0.39, 0.29) is 5.91 Å². The Morgan fingerprint density at radius 3 is 2.60 bits per heavy atom. The number of anilines is 1. The highest BCUT2D eigenvalue weighted by molar-refractivity contribution is 5.81. The van der Waals surface area contributed by atoms with Gasteiger partial charge in [-0.25, -0.2) is 0 Å². The minimum Gasteiger partial charge on any atom is -0.362 e. The number of nitrogens with two attached hydrogens (primary N) is 1. The third kappa shape index (κ3) is 4.53. The Morgan fingerprint density at radius 1 is 1.25 bits per heavy atom. The summed E-state index contributed by atoms with van der Waals surface area (Å²) < 4.78 is 0. The monoisotopic (exact) mass is 275 g/mol. The van der Waals surface area contributed by atoms with E-state index in [2.05, 4.69) is 10.2 Å². The van der Waals surface area contributed by atoms with Gasteiger partial charge in [0.2, 0.25) is 5.91 Å². The van der Waals surface area contributed by atoms with Crippen LogP contribution in [0.1, 0.15) is 32.1 Å². The molecule has 0 aliphatic heterocycles. The minimum absolute atomic E-state index is 0.123. The molecule has 2 rings (SSSR count). The number of hydrogen-bond acceptors (Lipinski definition) is 3. The molecule has 3 N–H and O–H groups in total. The van der Waals surface area contributed by atoms with Gasteiger partial charge in [-0.3, -0.25) is 4.79 Å². The van der Waals surface area contributed by atoms with Crippen molar-refractivity contribution in [1.82, 2.24) is 5.32 Å². The maximum absolute atomic E-state index is 12.2. The molecule has 1 saturated carbocycles. The van der Waals surface area contributed by atoms with E-state index in [1.807, 2.05) is 30.3 Å². The van der Waals surface area contributed by atoms with Gasteiger partial charge < -0.3 is 16.0 Å². The first-order valence-corrected chi connectivity index (χ1v) is 7.59. The van der Waals surface area contributed by atoms with Crippen LogP contribution in [-0.4, -0.2) is 31.6 Å². The third-order valence-corrected chi connectivity index (χ3v) is 3.81. The van der Waals surface area contributed by atoms with Crippen LogP contribution in [-0.2, 0) is 4.79 Å². The summed E-state index contributed by atoms with van der Waals surface area (Å²) >= 11 is 0. The lowest BCUT2D eigenvalue weighted by Crippen LogP contribution is -2.41. The zero-order valence-corrected chi connectivity index (χ0v) is 12.1. The maximum Gasteiger partial charge on any atom is 0.239 e. The molecule has 0 aromatic heterocycles. The van der Waals surface area contributed by atoms with Gasteiger partial charge >= 0.3 is 0 Å². The Labute approximate surface area is 121 Å². The fourth-order valence-corrected chi connectivity index (χ4v) is 2.74. The molecule has 4 nitrogen and oxygen atoms in total. The van der Waals surface area contributed by atoms with Gasteiger partial charge in [-0.15, -0.1) is 0 Å². The molecule has 0 unspecified atom stereocenters. The Hall–Kier alpha value is -1.55. The van der Waals surface area contributed by atoms with Crippen molar-refractivity contribution in [1.29, 1.82) is 0 Å². The molecular weight excluding hydrogens is 250 g/mol. The van der Waals surface area contributed by atoms with Crippen molar-refractivity contribution in [2.24, 2.45) is 5.73 Å². The number of carbonyl (C=O) groups excluding carboxylic acids is 1. The molecule has 1 aromatic rings. The highest BCUT2D eigenvalue weighted by atomic mass is 16.2. The molecule has 0 saturated heterocycles. The predicted molar refractivity (Wildman–Crippen MR) is 82.7 cm³/mol. The van der Waals surface area contributed by atoms with Gasteiger partial charge in [0.05, 0.1) is 6.54 Å². The first-order valence-electron chi connectivity index (χ1n) is 7.59. The fourth-order valence-electron chi connectivity index (χ4n) is 2.74. The van der Waals surface area contributed by atoms with Gasteiger partial charge in [-0.2, -0.15) is 0 Å². The molecule has 0 bridgehead atoms. The Morgan fingerprint density at radius 2 is 1.95 bits per heavy atom. The topological polar surface area (TPSA) is 58.4 Å². The van der Waals surface area contributed by atoms with Crippen LogP contribution in [0, 0.1) is 0 Å². The van der Waals surface area contributed by atoms with Crippen molar-refractivity contribution in [2.45, 2.75) is 38.1 Å². The number of carbonyl (C=O) groups is 1. The van der Waals surface area contributed by atoms with E-state index in [1.165, 1.54) is 12.8 Å². The number of rotatable bonds is 7. The number of amides is 1. The zero-order chi connectivity index (χ0) is 14.2. The van der Waals surface area contributed by atoms with Crippen LogP contribution >= 0.6 is 0 Å². The summed E-state index contributed by atoms with van der Waals surface area (Å²) in [5.41, 5.74) is 6.68. The molecule has 1 fully saturated rings. The fraction of sp³-hybridized carbons (Fsp3) is 0.562. The second kappa shape index (κ2) is 7.90. The second-order valence-electron chi connectivity index (χ2n) is 5.45. The summed E-state index contributed by atoms with van der Waals surface area (Å²) in [6, 6.07) is 10.5. The SMILES string of the molecule is NCCCN(CC(=O)NC1CCCC1)c1ccccc1. The highest BCUT2D eigenvalue weighted by Gasteiger charge is 2.18. The van der Waals surface area contributed by atoms with Crippen molar-refractivity contribution in [3.8, 4) is 0 Å². The van der Waals surface area contributed by atoms with E-state index in [0.717, 1.165) is 31.5 Å². The molecule has 4 heteroatoms. The molecule has 1 aliphatic rings. The van der Waals surface area contributed by atoms with Crippen molar-refractivity contribution in [2.75, 3.05) is 24.5 Å². The first-order chi connectivity index (χ1) is 9.79. The molecule has 1 aliphatic carbocycles. The van der Waals surface area contributed by atoms with Crippen molar-refractivity contribution in [3.63, 3.8) is 0 Å². The van der Waals surface area contributed by atoms with Crippen LogP contribution in [0.25, 0.3) is 0 Å². The summed E-state index contributed by atoms with van der Waals surface area (Å²) in [4.78, 5) is 14.3. The average molecular weight is 275 g/mol. The van der Waals surface area contributed by atoms with Gasteiger partial charge in [0, 0.05) is 18.3 Å². The number of hydrogen-bond donors (Lipinski definition) is 2. The number of para-hydroxylation sites is 1. The quantitative estimate of drug-likeness (QED) is 0.799. The number of benzene rings is 1. The van der Waals surface area contributed by atoms with Crippen LogP contribution in [0.5, 0.6) is 0 Å². The largest absolute Gasteiger partial charge is 0.362 e. The molecule has 0 spiro atoms. The summed E-state index contributed by atoms with van der Waals surface area (Å²) in [6.07, 6.45) is 5.62.